The van der Waals surface area contributed by atoms with Crippen LogP contribution >= 0.6 is 11.8 Å². The van der Waals surface area contributed by atoms with Gasteiger partial charge >= 0.3 is 0 Å². The number of hydrogen-bond donors (Lipinski definition) is 1. The van der Waals surface area contributed by atoms with Crippen molar-refractivity contribution in [3.8, 4) is 0 Å². The van der Waals surface area contributed by atoms with Crippen LogP contribution in [0, 0.1) is 5.82 Å². The molecule has 1 saturated heterocycles. The van der Waals surface area contributed by atoms with Crippen molar-refractivity contribution in [1.82, 2.24) is 4.90 Å². The van der Waals surface area contributed by atoms with Crippen LogP contribution in [0.5, 0.6) is 0 Å². The van der Waals surface area contributed by atoms with Crippen LogP contribution in [-0.2, 0) is 9.59 Å². The smallest absolute Gasteiger partial charge is 0.294 e. The lowest BCUT2D eigenvalue weighted by Gasteiger charge is -2.12. The van der Waals surface area contributed by atoms with E-state index in [-0.39, 0.29) is 4.91 Å². The van der Waals surface area contributed by atoms with Gasteiger partial charge in [-0.3, -0.25) is 19.3 Å². The van der Waals surface area contributed by atoms with Gasteiger partial charge in [-0.1, -0.05) is 12.1 Å². The van der Waals surface area contributed by atoms with Crippen molar-refractivity contribution in [2.75, 3.05) is 30.9 Å². The lowest BCUT2D eigenvalue weighted by atomic mass is 10.2. The molecule has 6 nitrogen and oxygen atoms in total. The number of hydrogen-bond acceptors (Lipinski definition) is 5. The summed E-state index contributed by atoms with van der Waals surface area (Å²) in [6, 6.07) is 12.7. The van der Waals surface area contributed by atoms with Gasteiger partial charge in [-0.15, -0.1) is 0 Å². The zero-order chi connectivity index (χ0) is 20.3. The number of nitrogens with one attached hydrogen (secondary N) is 1. The van der Waals surface area contributed by atoms with Crippen molar-refractivity contribution in [3.05, 3.63) is 64.8 Å². The van der Waals surface area contributed by atoms with Gasteiger partial charge < -0.3 is 10.2 Å². The molecule has 1 aliphatic rings. The Morgan fingerprint density at radius 1 is 1.11 bits per heavy atom. The topological polar surface area (TPSA) is 69.7 Å². The van der Waals surface area contributed by atoms with Crippen LogP contribution in [0.2, 0.25) is 0 Å². The van der Waals surface area contributed by atoms with E-state index in [9.17, 15) is 18.8 Å². The second-order valence-electron chi connectivity index (χ2n) is 6.31. The third-order valence-corrected chi connectivity index (χ3v) is 4.92. The molecule has 0 radical (unpaired) electrons. The van der Waals surface area contributed by atoms with E-state index in [1.165, 1.54) is 24.3 Å². The van der Waals surface area contributed by atoms with Crippen molar-refractivity contribution in [2.45, 2.75) is 0 Å². The molecule has 1 fully saturated rings. The molecule has 1 N–H and O–H groups in total. The highest BCUT2D eigenvalue weighted by Crippen LogP contribution is 2.32. The van der Waals surface area contributed by atoms with Gasteiger partial charge in [-0.05, 0) is 59.8 Å². The van der Waals surface area contributed by atoms with Gasteiger partial charge in [0.2, 0.25) is 5.91 Å². The van der Waals surface area contributed by atoms with Crippen LogP contribution in [0.3, 0.4) is 0 Å². The highest BCUT2D eigenvalue weighted by Gasteiger charge is 2.36. The maximum Gasteiger partial charge on any atom is 0.294 e. The molecule has 0 atom stereocenters. The van der Waals surface area contributed by atoms with E-state index >= 15 is 0 Å². The van der Waals surface area contributed by atoms with Crippen LogP contribution in [0.1, 0.15) is 5.56 Å². The van der Waals surface area contributed by atoms with Crippen molar-refractivity contribution in [2.24, 2.45) is 0 Å². The summed E-state index contributed by atoms with van der Waals surface area (Å²) in [5.41, 5.74) is 2.18. The third kappa shape index (κ3) is 4.58. The van der Waals surface area contributed by atoms with Crippen molar-refractivity contribution in [1.29, 1.82) is 0 Å². The SMILES string of the molecule is CN(C)c1ccc(/C=C2\SC(=O)N(CC(=O)Nc3ccc(F)cc3)C2=O)cc1. The third-order valence-electron chi connectivity index (χ3n) is 4.01. The van der Waals surface area contributed by atoms with E-state index in [1.54, 1.807) is 6.08 Å². The number of imide groups is 1. The second-order valence-corrected chi connectivity index (χ2v) is 7.30. The number of anilines is 2. The minimum Gasteiger partial charge on any atom is -0.378 e. The Kier molecular flexibility index (Phi) is 5.79. The molecule has 3 rings (SSSR count). The largest absolute Gasteiger partial charge is 0.378 e. The minimum atomic E-state index is -0.537. The molecule has 2 aromatic carbocycles. The zero-order valence-corrected chi connectivity index (χ0v) is 16.1. The highest BCUT2D eigenvalue weighted by molar-refractivity contribution is 8.18. The number of thioether (sulfide) groups is 1. The summed E-state index contributed by atoms with van der Waals surface area (Å²) in [4.78, 5) is 39.9. The normalized spacial score (nSPS) is 15.2. The van der Waals surface area contributed by atoms with Gasteiger partial charge in [-0.25, -0.2) is 4.39 Å². The van der Waals surface area contributed by atoms with E-state index in [1.807, 2.05) is 43.3 Å². The summed E-state index contributed by atoms with van der Waals surface area (Å²) in [7, 11) is 3.86. The predicted octanol–water partition coefficient (Wildman–Crippen LogP) is 3.57. The molecule has 8 heteroatoms. The van der Waals surface area contributed by atoms with Crippen LogP contribution in [0.25, 0.3) is 6.08 Å². The molecule has 0 spiro atoms. The molecule has 28 heavy (non-hydrogen) atoms. The Morgan fingerprint density at radius 2 is 1.75 bits per heavy atom. The molecule has 1 aliphatic heterocycles. The molecular formula is C20H18FN3O3S. The monoisotopic (exact) mass is 399 g/mol. The molecule has 0 unspecified atom stereocenters. The average molecular weight is 399 g/mol. The van der Waals surface area contributed by atoms with Gasteiger partial charge in [0.1, 0.15) is 12.4 Å². The first kappa shape index (κ1) is 19.6. The first-order valence-corrected chi connectivity index (χ1v) is 9.23. The zero-order valence-electron chi connectivity index (χ0n) is 15.3. The van der Waals surface area contributed by atoms with E-state index in [2.05, 4.69) is 5.32 Å². The van der Waals surface area contributed by atoms with Crippen molar-refractivity contribution >= 4 is 46.3 Å². The summed E-state index contributed by atoms with van der Waals surface area (Å²) in [5, 5.41) is 2.03. The fourth-order valence-electron chi connectivity index (χ4n) is 2.53. The van der Waals surface area contributed by atoms with Crippen LogP contribution in [0.4, 0.5) is 20.6 Å². The number of rotatable bonds is 5. The quantitative estimate of drug-likeness (QED) is 0.779. The van der Waals surface area contributed by atoms with Crippen molar-refractivity contribution < 1.29 is 18.8 Å². The second kappa shape index (κ2) is 8.26. The first-order chi connectivity index (χ1) is 13.3. The molecule has 0 aliphatic carbocycles. The van der Waals surface area contributed by atoms with Gasteiger partial charge in [0.25, 0.3) is 11.1 Å². The number of nitrogens with zero attached hydrogens (tertiary/aromatic N) is 2. The summed E-state index contributed by atoms with van der Waals surface area (Å²) in [5.74, 6) is -1.47. The lowest BCUT2D eigenvalue weighted by molar-refractivity contribution is -0.127. The number of halogens is 1. The highest BCUT2D eigenvalue weighted by atomic mass is 32.2. The fourth-order valence-corrected chi connectivity index (χ4v) is 3.37. The van der Waals surface area contributed by atoms with Gasteiger partial charge in [0.15, 0.2) is 0 Å². The van der Waals surface area contributed by atoms with Crippen molar-refractivity contribution in [3.63, 3.8) is 0 Å². The van der Waals surface area contributed by atoms with Crippen LogP contribution < -0.4 is 10.2 Å². The average Bonchev–Trinajstić information content (AvgIpc) is 2.91. The number of carbonyl (C=O) groups excluding carboxylic acids is 3. The molecule has 0 saturated carbocycles. The fraction of sp³-hybridized carbons (Fsp3) is 0.150. The summed E-state index contributed by atoms with van der Waals surface area (Å²) >= 11 is 0.796. The van der Waals surface area contributed by atoms with Crippen LogP contribution in [-0.4, -0.2) is 42.6 Å². The maximum atomic E-state index is 12.9. The van der Waals surface area contributed by atoms with Gasteiger partial charge in [0, 0.05) is 25.5 Å². The molecule has 1 heterocycles. The summed E-state index contributed by atoms with van der Waals surface area (Å²) in [6.07, 6.45) is 1.63. The van der Waals surface area contributed by atoms with Crippen LogP contribution in [0.15, 0.2) is 53.4 Å². The number of carbonyl (C=O) groups is 3. The molecule has 2 aromatic rings. The Balaban J connectivity index is 1.67. The van der Waals surface area contributed by atoms with E-state index in [4.69, 9.17) is 0 Å². The first-order valence-electron chi connectivity index (χ1n) is 8.41. The maximum absolute atomic E-state index is 12.9. The molecule has 144 valence electrons. The molecule has 3 amide bonds. The molecule has 0 aromatic heterocycles. The number of benzene rings is 2. The van der Waals surface area contributed by atoms with Gasteiger partial charge in [0.05, 0.1) is 4.91 Å². The number of amides is 3. The summed E-state index contributed by atoms with van der Waals surface area (Å²) < 4.78 is 12.9. The Morgan fingerprint density at radius 3 is 2.36 bits per heavy atom. The van der Waals surface area contributed by atoms with Gasteiger partial charge in [-0.2, -0.15) is 0 Å². The van der Waals surface area contributed by atoms with E-state index in [0.29, 0.717) is 5.69 Å². The molecular weight excluding hydrogens is 381 g/mol. The van der Waals surface area contributed by atoms with E-state index < -0.39 is 29.4 Å². The Labute approximate surface area is 166 Å². The predicted molar refractivity (Wildman–Crippen MR) is 108 cm³/mol. The summed E-state index contributed by atoms with van der Waals surface area (Å²) in [6.45, 7) is -0.404. The lowest BCUT2D eigenvalue weighted by Crippen LogP contribution is -2.36. The standard InChI is InChI=1S/C20H18FN3O3S/c1-23(2)16-9-3-13(4-10-16)11-17-19(26)24(20(27)28-17)12-18(25)22-15-7-5-14(21)6-8-15/h3-11H,12H2,1-2H3,(H,22,25)/b17-11-. The Bertz CT molecular complexity index is 940. The van der Waals surface area contributed by atoms with E-state index in [0.717, 1.165) is 27.9 Å². The molecule has 0 bridgehead atoms. The Hall–Kier alpha value is -3.13. The minimum absolute atomic E-state index is 0.261.